The van der Waals surface area contributed by atoms with Crippen molar-refractivity contribution in [1.29, 1.82) is 0 Å². The number of thioether (sulfide) groups is 1. The molecule has 0 bridgehead atoms. The van der Waals surface area contributed by atoms with Gasteiger partial charge in [0.25, 0.3) is 5.91 Å². The van der Waals surface area contributed by atoms with E-state index in [1.54, 1.807) is 36.4 Å². The van der Waals surface area contributed by atoms with Crippen LogP contribution in [-0.2, 0) is 4.79 Å². The van der Waals surface area contributed by atoms with E-state index in [2.05, 4.69) is 15.9 Å². The third-order valence-corrected chi connectivity index (χ3v) is 5.63. The third-order valence-electron chi connectivity index (χ3n) is 3.43. The standard InChI is InChI=1S/C17H10BrClFNO2S2/c1-23-14-5-3-10(8-12(14)19)21-16(22)15(25-17(21)24)7-9-2-4-13(20)11(18)6-9/h2-8H,1H3/b15-7-. The van der Waals surface area contributed by atoms with Crippen LogP contribution in [0.5, 0.6) is 5.75 Å². The summed E-state index contributed by atoms with van der Waals surface area (Å²) in [5.41, 5.74) is 1.26. The Kier molecular flexibility index (Phi) is 5.48. The average Bonchev–Trinajstić information content (AvgIpc) is 2.85. The molecule has 1 amide bonds. The van der Waals surface area contributed by atoms with Gasteiger partial charge in [0.05, 0.1) is 27.2 Å². The van der Waals surface area contributed by atoms with Crippen LogP contribution in [-0.4, -0.2) is 17.3 Å². The van der Waals surface area contributed by atoms with E-state index in [1.807, 2.05) is 0 Å². The number of anilines is 1. The van der Waals surface area contributed by atoms with Crippen LogP contribution in [0.3, 0.4) is 0 Å². The SMILES string of the molecule is COc1ccc(N2C(=O)/C(=C/c3ccc(F)c(Br)c3)SC2=S)cc1Cl. The molecule has 1 aliphatic heterocycles. The highest BCUT2D eigenvalue weighted by Crippen LogP contribution is 2.38. The second-order valence-corrected chi connectivity index (χ2v) is 7.95. The first-order chi connectivity index (χ1) is 11.9. The largest absolute Gasteiger partial charge is 0.495 e. The lowest BCUT2D eigenvalue weighted by Crippen LogP contribution is -2.27. The Bertz CT molecular complexity index is 920. The van der Waals surface area contributed by atoms with Gasteiger partial charge < -0.3 is 4.74 Å². The molecule has 1 heterocycles. The van der Waals surface area contributed by atoms with E-state index < -0.39 is 0 Å². The first kappa shape index (κ1) is 18.4. The molecule has 1 fully saturated rings. The van der Waals surface area contributed by atoms with Gasteiger partial charge in [0, 0.05) is 0 Å². The fraction of sp³-hybridized carbons (Fsp3) is 0.0588. The maximum atomic E-state index is 13.3. The van der Waals surface area contributed by atoms with Crippen molar-refractivity contribution in [3.63, 3.8) is 0 Å². The minimum atomic E-state index is -0.363. The van der Waals surface area contributed by atoms with Gasteiger partial charge in [-0.1, -0.05) is 41.6 Å². The third kappa shape index (κ3) is 3.74. The molecule has 25 heavy (non-hydrogen) atoms. The number of carbonyl (C=O) groups excluding carboxylic acids is 1. The molecule has 1 aliphatic rings. The summed E-state index contributed by atoms with van der Waals surface area (Å²) >= 11 is 15.8. The molecule has 0 radical (unpaired) electrons. The van der Waals surface area contributed by atoms with Gasteiger partial charge in [0.15, 0.2) is 4.32 Å². The molecule has 2 aromatic rings. The van der Waals surface area contributed by atoms with Crippen molar-refractivity contribution in [1.82, 2.24) is 0 Å². The minimum Gasteiger partial charge on any atom is -0.495 e. The van der Waals surface area contributed by atoms with Crippen molar-refractivity contribution >= 4 is 73.5 Å². The van der Waals surface area contributed by atoms with Gasteiger partial charge in [-0.2, -0.15) is 0 Å². The second kappa shape index (κ2) is 7.45. The van der Waals surface area contributed by atoms with E-state index in [0.717, 1.165) is 0 Å². The second-order valence-electron chi connectivity index (χ2n) is 5.01. The summed E-state index contributed by atoms with van der Waals surface area (Å²) < 4.78 is 19.2. The lowest BCUT2D eigenvalue weighted by atomic mass is 10.2. The molecule has 0 atom stereocenters. The first-order valence-electron chi connectivity index (χ1n) is 6.97. The molecule has 0 saturated carbocycles. The van der Waals surface area contributed by atoms with E-state index in [0.29, 0.717) is 35.7 Å². The number of benzene rings is 2. The van der Waals surface area contributed by atoms with Gasteiger partial charge >= 0.3 is 0 Å². The van der Waals surface area contributed by atoms with E-state index >= 15 is 0 Å². The number of amides is 1. The number of thiocarbonyl (C=S) groups is 1. The molecule has 0 N–H and O–H groups in total. The maximum Gasteiger partial charge on any atom is 0.270 e. The number of carbonyl (C=O) groups is 1. The number of ether oxygens (including phenoxy) is 1. The fourth-order valence-corrected chi connectivity index (χ4v) is 4.19. The van der Waals surface area contributed by atoms with Crippen molar-refractivity contribution in [3.05, 3.63) is 62.2 Å². The van der Waals surface area contributed by atoms with Crippen LogP contribution in [0, 0.1) is 5.82 Å². The molecule has 8 heteroatoms. The molecular formula is C17H10BrClFNO2S2. The van der Waals surface area contributed by atoms with Gasteiger partial charge in [0.1, 0.15) is 11.6 Å². The van der Waals surface area contributed by atoms with E-state index in [1.165, 1.54) is 29.8 Å². The van der Waals surface area contributed by atoms with E-state index in [4.69, 9.17) is 28.6 Å². The number of halogens is 3. The maximum absolute atomic E-state index is 13.3. The quantitative estimate of drug-likeness (QED) is 0.439. The highest BCUT2D eigenvalue weighted by molar-refractivity contribution is 9.10. The summed E-state index contributed by atoms with van der Waals surface area (Å²) in [5, 5.41) is 0.389. The van der Waals surface area contributed by atoms with Gasteiger partial charge in [-0.25, -0.2) is 4.39 Å². The molecule has 0 aliphatic carbocycles. The zero-order chi connectivity index (χ0) is 18.1. The Balaban J connectivity index is 1.93. The lowest BCUT2D eigenvalue weighted by Gasteiger charge is -2.15. The predicted molar refractivity (Wildman–Crippen MR) is 108 cm³/mol. The molecule has 2 aromatic carbocycles. The van der Waals surface area contributed by atoms with Gasteiger partial charge in [0.2, 0.25) is 0 Å². The monoisotopic (exact) mass is 457 g/mol. The van der Waals surface area contributed by atoms with Gasteiger partial charge in [-0.15, -0.1) is 0 Å². The molecular weight excluding hydrogens is 449 g/mol. The minimum absolute atomic E-state index is 0.253. The van der Waals surface area contributed by atoms with Gasteiger partial charge in [-0.05, 0) is 57.9 Å². The van der Waals surface area contributed by atoms with Crippen LogP contribution in [0.4, 0.5) is 10.1 Å². The van der Waals surface area contributed by atoms with Crippen molar-refractivity contribution in [2.75, 3.05) is 12.0 Å². The summed E-state index contributed by atoms with van der Waals surface area (Å²) in [6.45, 7) is 0. The number of hydrogen-bond acceptors (Lipinski definition) is 4. The van der Waals surface area contributed by atoms with Crippen LogP contribution < -0.4 is 9.64 Å². The number of nitrogens with zero attached hydrogens (tertiary/aromatic N) is 1. The highest BCUT2D eigenvalue weighted by Gasteiger charge is 2.33. The summed E-state index contributed by atoms with van der Waals surface area (Å²) in [5.74, 6) is -0.100. The van der Waals surface area contributed by atoms with Crippen molar-refractivity contribution < 1.29 is 13.9 Å². The molecule has 0 unspecified atom stereocenters. The van der Waals surface area contributed by atoms with Crippen LogP contribution in [0.25, 0.3) is 6.08 Å². The van der Waals surface area contributed by atoms with Crippen molar-refractivity contribution in [2.24, 2.45) is 0 Å². The van der Waals surface area contributed by atoms with E-state index in [9.17, 15) is 9.18 Å². The highest BCUT2D eigenvalue weighted by atomic mass is 79.9. The predicted octanol–water partition coefficient (Wildman–Crippen LogP) is 5.66. The normalized spacial score (nSPS) is 16.0. The van der Waals surface area contributed by atoms with E-state index in [-0.39, 0.29) is 11.7 Å². The molecule has 128 valence electrons. The summed E-state index contributed by atoms with van der Waals surface area (Å²) in [4.78, 5) is 14.6. The Morgan fingerprint density at radius 1 is 1.32 bits per heavy atom. The topological polar surface area (TPSA) is 29.5 Å². The smallest absolute Gasteiger partial charge is 0.270 e. The first-order valence-corrected chi connectivity index (χ1v) is 9.37. The van der Waals surface area contributed by atoms with Crippen LogP contribution >= 0.6 is 51.5 Å². The number of rotatable bonds is 3. The molecule has 3 rings (SSSR count). The fourth-order valence-electron chi connectivity index (χ4n) is 2.24. The van der Waals surface area contributed by atoms with Crippen LogP contribution in [0.2, 0.25) is 5.02 Å². The Morgan fingerprint density at radius 3 is 2.72 bits per heavy atom. The van der Waals surface area contributed by atoms with Gasteiger partial charge in [-0.3, -0.25) is 9.69 Å². The Labute approximate surface area is 166 Å². The van der Waals surface area contributed by atoms with Crippen molar-refractivity contribution in [3.8, 4) is 5.75 Å². The Morgan fingerprint density at radius 2 is 2.08 bits per heavy atom. The number of hydrogen-bond donors (Lipinski definition) is 0. The molecule has 0 aromatic heterocycles. The van der Waals surface area contributed by atoms with Crippen LogP contribution in [0.15, 0.2) is 45.8 Å². The zero-order valence-corrected chi connectivity index (χ0v) is 16.7. The zero-order valence-electron chi connectivity index (χ0n) is 12.8. The molecule has 0 spiro atoms. The summed E-state index contributed by atoms with van der Waals surface area (Å²) in [6.07, 6.45) is 1.68. The summed E-state index contributed by atoms with van der Waals surface area (Å²) in [6, 6.07) is 9.55. The molecule has 3 nitrogen and oxygen atoms in total. The lowest BCUT2D eigenvalue weighted by molar-refractivity contribution is -0.113. The molecule has 1 saturated heterocycles. The Hall–Kier alpha value is -1.41. The van der Waals surface area contributed by atoms with Crippen molar-refractivity contribution in [2.45, 2.75) is 0 Å². The average molecular weight is 459 g/mol. The number of methoxy groups -OCH3 is 1. The van der Waals surface area contributed by atoms with Crippen LogP contribution in [0.1, 0.15) is 5.56 Å². The summed E-state index contributed by atoms with van der Waals surface area (Å²) in [7, 11) is 1.52.